The summed E-state index contributed by atoms with van der Waals surface area (Å²) in [6, 6.07) is 14.1. The molecule has 206 valence electrons. The highest BCUT2D eigenvalue weighted by Gasteiger charge is 2.56. The SMILES string of the molecule is CCOP(C)(=O)COC[C@H]1O[C@@H](n2ccc3c(N[C@H](C)c4ccccc4)cc(Cl)nc32)[C@@H]2OC(C)(C)O[C@@H]21. The van der Waals surface area contributed by atoms with Gasteiger partial charge in [-0.3, -0.25) is 4.57 Å². The summed E-state index contributed by atoms with van der Waals surface area (Å²) in [6.45, 7) is 9.80. The van der Waals surface area contributed by atoms with Crippen LogP contribution in [0.3, 0.4) is 0 Å². The Hall–Kier alpha value is -1.97. The van der Waals surface area contributed by atoms with Crippen LogP contribution in [-0.2, 0) is 28.0 Å². The van der Waals surface area contributed by atoms with Gasteiger partial charge in [0.05, 0.1) is 13.2 Å². The molecule has 0 amide bonds. The lowest BCUT2D eigenvalue weighted by Gasteiger charge is -2.25. The van der Waals surface area contributed by atoms with Crippen LogP contribution in [0.1, 0.15) is 45.5 Å². The number of halogens is 1. The van der Waals surface area contributed by atoms with Crippen molar-refractivity contribution in [1.82, 2.24) is 9.55 Å². The van der Waals surface area contributed by atoms with Crippen molar-refractivity contribution in [3.8, 4) is 0 Å². The lowest BCUT2D eigenvalue weighted by Crippen LogP contribution is -2.33. The summed E-state index contributed by atoms with van der Waals surface area (Å²) in [4.78, 5) is 4.64. The second-order valence-electron chi connectivity index (χ2n) is 10.3. The van der Waals surface area contributed by atoms with E-state index < -0.39 is 31.6 Å². The number of rotatable bonds is 10. The summed E-state index contributed by atoms with van der Waals surface area (Å²) >= 11 is 6.49. The summed E-state index contributed by atoms with van der Waals surface area (Å²) < 4.78 is 44.4. The van der Waals surface area contributed by atoms with Gasteiger partial charge < -0.3 is 33.4 Å². The molecule has 1 N–H and O–H groups in total. The van der Waals surface area contributed by atoms with E-state index >= 15 is 0 Å². The van der Waals surface area contributed by atoms with Crippen molar-refractivity contribution < 1.29 is 28.0 Å². The molecule has 2 saturated heterocycles. The van der Waals surface area contributed by atoms with Crippen LogP contribution in [0.4, 0.5) is 5.69 Å². The minimum absolute atomic E-state index is 0.00520. The van der Waals surface area contributed by atoms with E-state index in [-0.39, 0.29) is 25.1 Å². The van der Waals surface area contributed by atoms with E-state index in [0.717, 1.165) is 16.6 Å². The Labute approximate surface area is 228 Å². The smallest absolute Gasteiger partial charge is 0.225 e. The van der Waals surface area contributed by atoms with Crippen molar-refractivity contribution in [3.63, 3.8) is 0 Å². The molecule has 5 rings (SSSR count). The zero-order valence-corrected chi connectivity index (χ0v) is 23.9. The number of aromatic nitrogens is 2. The zero-order chi connectivity index (χ0) is 27.1. The van der Waals surface area contributed by atoms with Gasteiger partial charge >= 0.3 is 0 Å². The van der Waals surface area contributed by atoms with Crippen LogP contribution in [0.2, 0.25) is 5.15 Å². The molecular formula is C27H35ClN3O6P. The van der Waals surface area contributed by atoms with Crippen LogP contribution in [0.25, 0.3) is 11.0 Å². The lowest BCUT2D eigenvalue weighted by atomic mass is 10.1. The zero-order valence-electron chi connectivity index (χ0n) is 22.3. The first-order chi connectivity index (χ1) is 18.1. The number of hydrogen-bond donors (Lipinski definition) is 1. The molecule has 38 heavy (non-hydrogen) atoms. The quantitative estimate of drug-likeness (QED) is 0.230. The van der Waals surface area contributed by atoms with E-state index in [0.29, 0.717) is 17.4 Å². The van der Waals surface area contributed by atoms with Crippen molar-refractivity contribution in [3.05, 3.63) is 59.4 Å². The Bertz CT molecular complexity index is 1320. The topological polar surface area (TPSA) is 93.1 Å². The van der Waals surface area contributed by atoms with E-state index in [2.05, 4.69) is 29.4 Å². The monoisotopic (exact) mass is 563 g/mol. The number of nitrogens with one attached hydrogen (secondary N) is 1. The van der Waals surface area contributed by atoms with E-state index in [1.165, 1.54) is 0 Å². The third kappa shape index (κ3) is 5.80. The highest BCUT2D eigenvalue weighted by atomic mass is 35.5. The van der Waals surface area contributed by atoms with Crippen LogP contribution >= 0.6 is 19.0 Å². The molecule has 9 nitrogen and oxygen atoms in total. The van der Waals surface area contributed by atoms with Gasteiger partial charge in [-0.1, -0.05) is 41.9 Å². The van der Waals surface area contributed by atoms with E-state index in [1.807, 2.05) is 61.9 Å². The molecule has 0 bridgehead atoms. The van der Waals surface area contributed by atoms with Crippen LogP contribution in [0, 0.1) is 0 Å². The van der Waals surface area contributed by atoms with Gasteiger partial charge in [-0.2, -0.15) is 0 Å². The largest absolute Gasteiger partial charge is 0.378 e. The Morgan fingerprint density at radius 3 is 2.68 bits per heavy atom. The molecule has 1 aromatic carbocycles. The molecule has 1 unspecified atom stereocenters. The number of pyridine rings is 1. The predicted molar refractivity (Wildman–Crippen MR) is 147 cm³/mol. The van der Waals surface area contributed by atoms with Gasteiger partial charge in [0.1, 0.15) is 35.5 Å². The number of hydrogen-bond acceptors (Lipinski definition) is 8. The molecule has 2 aliphatic rings. The molecule has 11 heteroatoms. The first kappa shape index (κ1) is 27.6. The predicted octanol–water partition coefficient (Wildman–Crippen LogP) is 6.20. The standard InChI is InChI=1S/C27H35ClN3O6P/c1-6-34-38(5,32)16-33-15-21-23-24(37-27(3,4)36-23)26(35-21)31-13-12-19-20(14-22(28)30-25(19)31)29-17(2)18-10-8-7-9-11-18/h7-14,17,21,23-24,26H,6,15-16H2,1-5H3,(H,29,30)/t17-,21-,23-,24-,26-,38?/m1/s1. The maximum Gasteiger partial charge on any atom is 0.225 e. The maximum atomic E-state index is 12.5. The summed E-state index contributed by atoms with van der Waals surface area (Å²) in [5.74, 6) is -0.785. The Kier molecular flexibility index (Phi) is 7.91. The van der Waals surface area contributed by atoms with Gasteiger partial charge in [-0.15, -0.1) is 0 Å². The summed E-state index contributed by atoms with van der Waals surface area (Å²) in [6.07, 6.45) is 0.229. The van der Waals surface area contributed by atoms with Gasteiger partial charge in [0.15, 0.2) is 12.0 Å². The van der Waals surface area contributed by atoms with Crippen molar-refractivity contribution in [2.24, 2.45) is 0 Å². The maximum absolute atomic E-state index is 12.5. The number of anilines is 1. The molecule has 0 saturated carbocycles. The third-order valence-electron chi connectivity index (χ3n) is 6.73. The van der Waals surface area contributed by atoms with E-state index in [4.69, 9.17) is 35.1 Å². The fourth-order valence-corrected chi connectivity index (χ4v) is 6.39. The highest BCUT2D eigenvalue weighted by Crippen LogP contribution is 2.46. The van der Waals surface area contributed by atoms with Gasteiger partial charge in [0.2, 0.25) is 7.37 Å². The second-order valence-corrected chi connectivity index (χ2v) is 13.2. The molecule has 2 aliphatic heterocycles. The Morgan fingerprint density at radius 1 is 1.21 bits per heavy atom. The molecule has 0 aliphatic carbocycles. The molecule has 6 atom stereocenters. The second kappa shape index (κ2) is 10.9. The van der Waals surface area contributed by atoms with Crippen LogP contribution in [0.15, 0.2) is 48.7 Å². The number of nitrogens with zero attached hydrogens (tertiary/aromatic N) is 2. The highest BCUT2D eigenvalue weighted by molar-refractivity contribution is 7.57. The first-order valence-corrected chi connectivity index (χ1v) is 15.5. The van der Waals surface area contributed by atoms with Gasteiger partial charge in [-0.25, -0.2) is 4.98 Å². The van der Waals surface area contributed by atoms with Crippen molar-refractivity contribution in [2.75, 3.05) is 31.5 Å². The molecule has 0 spiro atoms. The fourth-order valence-electron chi connectivity index (χ4n) is 5.14. The van der Waals surface area contributed by atoms with Crippen LogP contribution in [0.5, 0.6) is 0 Å². The molecule has 4 heterocycles. The fraction of sp³-hybridized carbons (Fsp3) is 0.519. The van der Waals surface area contributed by atoms with Crippen LogP contribution in [-0.4, -0.2) is 59.9 Å². The van der Waals surface area contributed by atoms with E-state index in [9.17, 15) is 4.57 Å². The summed E-state index contributed by atoms with van der Waals surface area (Å²) in [5, 5.41) is 4.86. The Morgan fingerprint density at radius 2 is 1.95 bits per heavy atom. The third-order valence-corrected chi connectivity index (χ3v) is 8.38. The summed E-state index contributed by atoms with van der Waals surface area (Å²) in [5.41, 5.74) is 2.72. The van der Waals surface area contributed by atoms with Crippen LogP contribution < -0.4 is 5.32 Å². The van der Waals surface area contributed by atoms with E-state index in [1.54, 1.807) is 6.66 Å². The van der Waals surface area contributed by atoms with Gasteiger partial charge in [-0.05, 0) is 45.4 Å². The number of ether oxygens (including phenoxy) is 4. The normalized spacial score (nSPS) is 26.8. The molecule has 2 fully saturated rings. The summed E-state index contributed by atoms with van der Waals surface area (Å²) in [7, 11) is -2.83. The molecule has 2 aromatic heterocycles. The van der Waals surface area contributed by atoms with Crippen molar-refractivity contribution in [1.29, 1.82) is 0 Å². The molecule has 0 radical (unpaired) electrons. The van der Waals surface area contributed by atoms with Crippen molar-refractivity contribution >= 4 is 35.7 Å². The molecule has 3 aromatic rings. The Balaban J connectivity index is 1.40. The minimum Gasteiger partial charge on any atom is -0.378 e. The van der Waals surface area contributed by atoms with Gasteiger partial charge in [0, 0.05) is 30.0 Å². The average Bonchev–Trinajstić information content (AvgIpc) is 3.50. The van der Waals surface area contributed by atoms with Crippen molar-refractivity contribution in [2.45, 2.75) is 64.1 Å². The number of benzene rings is 1. The number of fused-ring (bicyclic) bond motifs is 2. The van der Waals surface area contributed by atoms with Gasteiger partial charge in [0.25, 0.3) is 0 Å². The first-order valence-electron chi connectivity index (χ1n) is 12.9. The lowest BCUT2D eigenvalue weighted by molar-refractivity contribution is -0.201. The molecular weight excluding hydrogens is 529 g/mol. The average molecular weight is 564 g/mol. The minimum atomic E-state index is -2.83.